The molecule has 0 unspecified atom stereocenters. The summed E-state index contributed by atoms with van der Waals surface area (Å²) in [6.07, 6.45) is 2.87. The summed E-state index contributed by atoms with van der Waals surface area (Å²) < 4.78 is 16.2. The highest BCUT2D eigenvalue weighted by Crippen LogP contribution is 2.41. The lowest BCUT2D eigenvalue weighted by atomic mass is 10.0. The zero-order chi connectivity index (χ0) is 25.0. The van der Waals surface area contributed by atoms with Crippen molar-refractivity contribution in [2.45, 2.75) is 19.8 Å². The molecular weight excluding hydrogens is 451 g/mol. The maximum Gasteiger partial charge on any atom is 0.199 e. The molecule has 0 radical (unpaired) electrons. The van der Waals surface area contributed by atoms with Crippen molar-refractivity contribution in [1.29, 1.82) is 0 Å². The molecule has 4 heterocycles. The van der Waals surface area contributed by atoms with Crippen molar-refractivity contribution in [2.75, 3.05) is 31.4 Å². The highest BCUT2D eigenvalue weighted by molar-refractivity contribution is 6.17. The molecule has 0 amide bonds. The Morgan fingerprint density at radius 3 is 2.60 bits per heavy atom. The van der Waals surface area contributed by atoms with Crippen LogP contribution in [0.3, 0.4) is 0 Å². The van der Waals surface area contributed by atoms with Gasteiger partial charge in [0.15, 0.2) is 11.7 Å². The van der Waals surface area contributed by atoms with Crippen molar-refractivity contribution in [3.8, 4) is 11.1 Å². The van der Waals surface area contributed by atoms with Gasteiger partial charge in [0.05, 0.1) is 33.2 Å². The molecule has 4 aromatic heterocycles. The average Bonchev–Trinajstić information content (AvgIpc) is 3.21. The van der Waals surface area contributed by atoms with Gasteiger partial charge in [0, 0.05) is 62.8 Å². The van der Waals surface area contributed by atoms with Crippen molar-refractivity contribution in [3.05, 3.63) is 58.4 Å². The number of benzene rings is 1. The van der Waals surface area contributed by atoms with E-state index in [2.05, 4.69) is 20.3 Å². The fourth-order valence-corrected chi connectivity index (χ4v) is 4.65. The molecule has 0 spiro atoms. The number of aryl methyl sites for hydroxylation is 1. The minimum Gasteiger partial charge on any atom is -0.386 e. The Bertz CT molecular complexity index is 1670. The van der Waals surface area contributed by atoms with Crippen molar-refractivity contribution in [2.24, 2.45) is 0 Å². The van der Waals surface area contributed by atoms with E-state index in [9.17, 15) is 19.4 Å². The number of H-pyrrole nitrogens is 1. The summed E-state index contributed by atoms with van der Waals surface area (Å²) in [6, 6.07) is 4.58. The quantitative estimate of drug-likeness (QED) is 0.287. The number of hydrogen-bond donors (Lipinski definition) is 4. The molecule has 180 valence electrons. The Balaban J connectivity index is 1.86. The predicted octanol–water partition coefficient (Wildman–Crippen LogP) is 3.34. The van der Waals surface area contributed by atoms with E-state index in [-0.39, 0.29) is 16.8 Å². The van der Waals surface area contributed by atoms with E-state index in [0.717, 1.165) is 16.6 Å². The first-order valence-electron chi connectivity index (χ1n) is 11.1. The third-order valence-electron chi connectivity index (χ3n) is 6.25. The Morgan fingerprint density at radius 1 is 1.17 bits per heavy atom. The van der Waals surface area contributed by atoms with Crippen LogP contribution in [0.25, 0.3) is 44.1 Å². The van der Waals surface area contributed by atoms with Gasteiger partial charge in [-0.1, -0.05) is 0 Å². The van der Waals surface area contributed by atoms with Gasteiger partial charge in [0.2, 0.25) is 0 Å². The lowest BCUT2D eigenvalue weighted by molar-refractivity contribution is -0.0435. The first kappa shape index (κ1) is 22.8. The van der Waals surface area contributed by atoms with Gasteiger partial charge < -0.3 is 30.0 Å². The molecule has 0 atom stereocenters. The van der Waals surface area contributed by atoms with Crippen molar-refractivity contribution in [1.82, 2.24) is 19.5 Å². The molecule has 0 bridgehead atoms. The smallest absolute Gasteiger partial charge is 0.199 e. The second-order valence-electron chi connectivity index (χ2n) is 8.56. The van der Waals surface area contributed by atoms with Crippen LogP contribution >= 0.6 is 0 Å². The molecule has 0 saturated heterocycles. The molecule has 0 aliphatic carbocycles. The number of fused-ring (bicyclic) bond motifs is 4. The van der Waals surface area contributed by atoms with Gasteiger partial charge >= 0.3 is 0 Å². The third-order valence-corrected chi connectivity index (χ3v) is 6.25. The second kappa shape index (κ2) is 8.33. The summed E-state index contributed by atoms with van der Waals surface area (Å²) >= 11 is 0. The van der Waals surface area contributed by atoms with Gasteiger partial charge in [-0.05, 0) is 25.1 Å². The fraction of sp³-hybridized carbons (Fsp3) is 0.240. The summed E-state index contributed by atoms with van der Waals surface area (Å²) in [4.78, 5) is 27.4. The van der Waals surface area contributed by atoms with E-state index in [0.29, 0.717) is 40.0 Å². The molecular formula is C25H25FN6O3. The summed E-state index contributed by atoms with van der Waals surface area (Å²) in [6.45, 7) is 2.37. The second-order valence-corrected chi connectivity index (χ2v) is 8.56. The van der Waals surface area contributed by atoms with Gasteiger partial charge in [-0.15, -0.1) is 0 Å². The first-order chi connectivity index (χ1) is 16.7. The Labute approximate surface area is 199 Å². The summed E-state index contributed by atoms with van der Waals surface area (Å²) in [5, 5.41) is 24.1. The maximum absolute atomic E-state index is 14.5. The molecule has 4 N–H and O–H groups in total. The fourth-order valence-electron chi connectivity index (χ4n) is 4.65. The zero-order valence-electron chi connectivity index (χ0n) is 19.7. The van der Waals surface area contributed by atoms with Gasteiger partial charge in [-0.25, -0.2) is 14.4 Å². The molecule has 5 rings (SSSR count). The Morgan fingerprint density at radius 2 is 1.94 bits per heavy atom. The molecule has 1 aromatic carbocycles. The monoisotopic (exact) mass is 476 g/mol. The number of aliphatic hydroxyl groups is 2. The number of aromatic nitrogens is 4. The van der Waals surface area contributed by atoms with Crippen LogP contribution in [0.15, 0.2) is 41.6 Å². The number of nitrogens with one attached hydrogen (secondary N) is 2. The highest BCUT2D eigenvalue weighted by Gasteiger charge is 2.21. The van der Waals surface area contributed by atoms with Crippen LogP contribution in [0.2, 0.25) is 0 Å². The summed E-state index contributed by atoms with van der Waals surface area (Å²) in [5.41, 5.74) is 3.89. The lowest BCUT2D eigenvalue weighted by Crippen LogP contribution is -2.18. The van der Waals surface area contributed by atoms with E-state index in [1.807, 2.05) is 25.9 Å². The summed E-state index contributed by atoms with van der Waals surface area (Å²) in [5.74, 6) is -0.375. The third kappa shape index (κ3) is 3.49. The molecule has 9 nitrogen and oxygen atoms in total. The zero-order valence-corrected chi connectivity index (χ0v) is 19.7. The highest BCUT2D eigenvalue weighted by atomic mass is 19.1. The largest absolute Gasteiger partial charge is 0.386 e. The molecule has 0 aliphatic heterocycles. The number of rotatable bonds is 5. The number of pyridine rings is 3. The van der Waals surface area contributed by atoms with Gasteiger partial charge in [-0.3, -0.25) is 4.79 Å². The topological polar surface area (TPSA) is 119 Å². The van der Waals surface area contributed by atoms with Crippen LogP contribution in [0.1, 0.15) is 18.8 Å². The SMILES string of the molecule is CCn1cc(C(O)O)c(=O)c2cc(-c3cnc4[nH]c5c(NC)cc(F)cc5c4c3N(C)C)cnc21. The number of nitrogens with zero attached hydrogens (tertiary/aromatic N) is 4. The number of hydrogen-bond acceptors (Lipinski definition) is 7. The van der Waals surface area contributed by atoms with Crippen molar-refractivity contribution >= 4 is 44.3 Å². The van der Waals surface area contributed by atoms with E-state index >= 15 is 0 Å². The van der Waals surface area contributed by atoms with Crippen molar-refractivity contribution in [3.63, 3.8) is 0 Å². The number of aromatic amines is 1. The molecule has 5 aromatic rings. The Hall–Kier alpha value is -4.02. The molecule has 35 heavy (non-hydrogen) atoms. The van der Waals surface area contributed by atoms with Gasteiger partial charge in [-0.2, -0.15) is 0 Å². The van der Waals surface area contributed by atoms with Crippen LogP contribution in [0, 0.1) is 5.82 Å². The van der Waals surface area contributed by atoms with Gasteiger partial charge in [0.1, 0.15) is 17.1 Å². The molecule has 0 saturated carbocycles. The average molecular weight is 477 g/mol. The minimum atomic E-state index is -1.90. The minimum absolute atomic E-state index is 0.119. The standard InChI is InChI=1S/C25H25FN6O3/c1-5-32-11-17(25(34)35)22(33)15-6-12(9-29-24(15)32)16-10-28-23-19(21(16)31(3)4)14-7-13(26)8-18(27-2)20(14)30-23/h6-11,25,27,34-35H,5H2,1-4H3,(H,28,30). The molecule has 10 heteroatoms. The predicted molar refractivity (Wildman–Crippen MR) is 135 cm³/mol. The van der Waals surface area contributed by atoms with E-state index in [1.165, 1.54) is 18.3 Å². The number of halogens is 1. The van der Waals surface area contributed by atoms with Crippen LogP contribution in [-0.4, -0.2) is 50.9 Å². The van der Waals surface area contributed by atoms with Crippen LogP contribution < -0.4 is 15.6 Å². The normalized spacial score (nSPS) is 11.8. The van der Waals surface area contributed by atoms with Crippen LogP contribution in [0.5, 0.6) is 0 Å². The molecule has 0 fully saturated rings. The number of anilines is 2. The lowest BCUT2D eigenvalue weighted by Gasteiger charge is -2.19. The number of aliphatic hydroxyl groups excluding tert-OH is 1. The van der Waals surface area contributed by atoms with Gasteiger partial charge in [0.25, 0.3) is 0 Å². The van der Waals surface area contributed by atoms with E-state index < -0.39 is 11.7 Å². The van der Waals surface area contributed by atoms with Crippen LogP contribution in [-0.2, 0) is 6.54 Å². The maximum atomic E-state index is 14.5. The van der Waals surface area contributed by atoms with E-state index in [4.69, 9.17) is 0 Å². The molecule has 0 aliphatic rings. The van der Waals surface area contributed by atoms with Crippen molar-refractivity contribution < 1.29 is 14.6 Å². The first-order valence-corrected chi connectivity index (χ1v) is 11.1. The van der Waals surface area contributed by atoms with Crippen LogP contribution in [0.4, 0.5) is 15.8 Å². The van der Waals surface area contributed by atoms with E-state index in [1.54, 1.807) is 30.1 Å². The Kier molecular flexibility index (Phi) is 5.42. The summed E-state index contributed by atoms with van der Waals surface area (Å²) in [7, 11) is 5.50.